The molecule has 0 aliphatic carbocycles. The molecular formula is C21H35FN4O2+2. The SMILES string of the molecule is CCCCC[C@@H](C)NC(=O)C[NH+]1CC[NH+](CC(=O)Nc2ccc(F)cc2)CC1. The Morgan fingerprint density at radius 1 is 1.00 bits per heavy atom. The van der Waals surface area contributed by atoms with E-state index in [1.165, 1.54) is 34.8 Å². The number of carbonyl (C=O) groups is 2. The van der Waals surface area contributed by atoms with Gasteiger partial charge in [0.05, 0.1) is 0 Å². The third kappa shape index (κ3) is 8.35. The van der Waals surface area contributed by atoms with Gasteiger partial charge in [-0.3, -0.25) is 9.59 Å². The number of hydrogen-bond donors (Lipinski definition) is 4. The fourth-order valence-electron chi connectivity index (χ4n) is 3.60. The zero-order valence-electron chi connectivity index (χ0n) is 17.2. The smallest absolute Gasteiger partial charge is 0.279 e. The second-order valence-corrected chi connectivity index (χ2v) is 7.87. The van der Waals surface area contributed by atoms with E-state index in [0.717, 1.165) is 39.0 Å². The van der Waals surface area contributed by atoms with E-state index in [2.05, 4.69) is 24.5 Å². The van der Waals surface area contributed by atoms with Crippen LogP contribution in [0, 0.1) is 5.82 Å². The monoisotopic (exact) mass is 394 g/mol. The lowest BCUT2D eigenvalue weighted by molar-refractivity contribution is -1.00. The van der Waals surface area contributed by atoms with Crippen molar-refractivity contribution < 1.29 is 23.8 Å². The molecule has 7 heteroatoms. The molecule has 0 unspecified atom stereocenters. The van der Waals surface area contributed by atoms with Gasteiger partial charge in [-0.1, -0.05) is 26.2 Å². The van der Waals surface area contributed by atoms with Crippen molar-refractivity contribution in [3.63, 3.8) is 0 Å². The van der Waals surface area contributed by atoms with E-state index in [4.69, 9.17) is 0 Å². The number of nitrogens with one attached hydrogen (secondary N) is 4. The van der Waals surface area contributed by atoms with Crippen LogP contribution in [-0.2, 0) is 9.59 Å². The number of quaternary nitrogens is 2. The molecule has 2 rings (SSSR count). The molecule has 1 saturated heterocycles. The van der Waals surface area contributed by atoms with Gasteiger partial charge in [0.15, 0.2) is 13.1 Å². The Bertz CT molecular complexity index is 615. The first-order valence-corrected chi connectivity index (χ1v) is 10.5. The lowest BCUT2D eigenvalue weighted by atomic mass is 10.1. The minimum absolute atomic E-state index is 0.0660. The highest BCUT2D eigenvalue weighted by atomic mass is 19.1. The summed E-state index contributed by atoms with van der Waals surface area (Å²) in [6.07, 6.45) is 4.60. The Morgan fingerprint density at radius 2 is 1.57 bits per heavy atom. The summed E-state index contributed by atoms with van der Waals surface area (Å²) in [7, 11) is 0. The highest BCUT2D eigenvalue weighted by molar-refractivity contribution is 5.91. The zero-order valence-corrected chi connectivity index (χ0v) is 17.2. The van der Waals surface area contributed by atoms with Crippen molar-refractivity contribution >= 4 is 17.5 Å². The summed E-state index contributed by atoms with van der Waals surface area (Å²) in [4.78, 5) is 26.9. The number of amides is 2. The van der Waals surface area contributed by atoms with Crippen LogP contribution in [0.4, 0.5) is 10.1 Å². The van der Waals surface area contributed by atoms with Crippen LogP contribution in [0.3, 0.4) is 0 Å². The van der Waals surface area contributed by atoms with Crippen LogP contribution < -0.4 is 20.4 Å². The van der Waals surface area contributed by atoms with Gasteiger partial charge in [-0.05, 0) is 37.6 Å². The molecule has 156 valence electrons. The molecule has 1 atom stereocenters. The fourth-order valence-corrected chi connectivity index (χ4v) is 3.60. The van der Waals surface area contributed by atoms with E-state index in [-0.39, 0.29) is 23.7 Å². The van der Waals surface area contributed by atoms with Crippen molar-refractivity contribution in [3.05, 3.63) is 30.1 Å². The van der Waals surface area contributed by atoms with Crippen LogP contribution in [-0.4, -0.2) is 57.1 Å². The number of anilines is 1. The molecule has 0 saturated carbocycles. The minimum atomic E-state index is -0.317. The average molecular weight is 395 g/mol. The van der Waals surface area contributed by atoms with Crippen molar-refractivity contribution in [2.24, 2.45) is 0 Å². The molecule has 0 spiro atoms. The molecule has 1 aromatic rings. The number of carbonyl (C=O) groups excluding carboxylic acids is 2. The topological polar surface area (TPSA) is 67.1 Å². The first-order chi connectivity index (χ1) is 13.5. The lowest BCUT2D eigenvalue weighted by Gasteiger charge is -2.29. The van der Waals surface area contributed by atoms with E-state index < -0.39 is 0 Å². The maximum absolute atomic E-state index is 12.9. The van der Waals surface area contributed by atoms with Crippen LogP contribution in [0.25, 0.3) is 0 Å². The zero-order chi connectivity index (χ0) is 20.4. The minimum Gasteiger partial charge on any atom is -0.349 e. The van der Waals surface area contributed by atoms with Gasteiger partial charge >= 0.3 is 0 Å². The number of halogens is 1. The lowest BCUT2D eigenvalue weighted by Crippen LogP contribution is -3.28. The highest BCUT2D eigenvalue weighted by Gasteiger charge is 2.26. The maximum atomic E-state index is 12.9. The summed E-state index contributed by atoms with van der Waals surface area (Å²) in [5, 5.41) is 5.91. The quantitative estimate of drug-likeness (QED) is 0.409. The van der Waals surface area contributed by atoms with Crippen LogP contribution in [0.5, 0.6) is 0 Å². The number of benzene rings is 1. The highest BCUT2D eigenvalue weighted by Crippen LogP contribution is 2.07. The van der Waals surface area contributed by atoms with Gasteiger partial charge in [0.2, 0.25) is 0 Å². The van der Waals surface area contributed by atoms with Gasteiger partial charge in [0, 0.05) is 11.7 Å². The van der Waals surface area contributed by atoms with Crippen molar-refractivity contribution in [3.8, 4) is 0 Å². The number of hydrogen-bond acceptors (Lipinski definition) is 2. The molecule has 4 N–H and O–H groups in total. The summed E-state index contributed by atoms with van der Waals surface area (Å²) in [6, 6.07) is 6.03. The molecule has 6 nitrogen and oxygen atoms in total. The summed E-state index contributed by atoms with van der Waals surface area (Å²) in [5.74, 6) is -0.262. The predicted molar refractivity (Wildman–Crippen MR) is 108 cm³/mol. The van der Waals surface area contributed by atoms with Crippen molar-refractivity contribution in [2.45, 2.75) is 45.6 Å². The molecule has 0 radical (unpaired) electrons. The Labute approximate surface area is 167 Å². The first kappa shape index (κ1) is 22.3. The van der Waals surface area contributed by atoms with Gasteiger partial charge in [0.1, 0.15) is 32.0 Å². The molecule has 1 aliphatic rings. The second-order valence-electron chi connectivity index (χ2n) is 7.87. The van der Waals surface area contributed by atoms with Gasteiger partial charge in [-0.15, -0.1) is 0 Å². The second kappa shape index (κ2) is 11.8. The maximum Gasteiger partial charge on any atom is 0.279 e. The van der Waals surface area contributed by atoms with Crippen molar-refractivity contribution in [1.82, 2.24) is 5.32 Å². The largest absolute Gasteiger partial charge is 0.349 e. The molecule has 0 aromatic heterocycles. The Hall–Kier alpha value is -1.99. The predicted octanol–water partition coefficient (Wildman–Crippen LogP) is -0.367. The van der Waals surface area contributed by atoms with Crippen molar-refractivity contribution in [1.29, 1.82) is 0 Å². The van der Waals surface area contributed by atoms with Crippen LogP contribution in [0.2, 0.25) is 0 Å². The molecule has 2 amide bonds. The van der Waals surface area contributed by atoms with E-state index in [1.54, 1.807) is 12.1 Å². The van der Waals surface area contributed by atoms with Crippen molar-refractivity contribution in [2.75, 3.05) is 44.6 Å². The molecular weight excluding hydrogens is 359 g/mol. The Morgan fingerprint density at radius 3 is 2.14 bits per heavy atom. The van der Waals surface area contributed by atoms with Gasteiger partial charge in [0.25, 0.3) is 11.8 Å². The van der Waals surface area contributed by atoms with Gasteiger partial charge in [-0.2, -0.15) is 0 Å². The van der Waals surface area contributed by atoms with Crippen LogP contribution in [0.15, 0.2) is 24.3 Å². The summed E-state index contributed by atoms with van der Waals surface area (Å²) in [5.41, 5.74) is 0.611. The first-order valence-electron chi connectivity index (χ1n) is 10.5. The fraction of sp³-hybridized carbons (Fsp3) is 0.619. The molecule has 0 bridgehead atoms. The number of unbranched alkanes of at least 4 members (excludes halogenated alkanes) is 2. The molecule has 1 aromatic carbocycles. The number of rotatable bonds is 10. The van der Waals surface area contributed by atoms with Gasteiger partial charge in [-0.25, -0.2) is 4.39 Å². The van der Waals surface area contributed by atoms with E-state index in [9.17, 15) is 14.0 Å². The normalized spacial score (nSPS) is 20.4. The van der Waals surface area contributed by atoms with E-state index in [0.29, 0.717) is 18.8 Å². The molecule has 1 fully saturated rings. The third-order valence-corrected chi connectivity index (χ3v) is 5.26. The standard InChI is InChI=1S/C21H33FN4O2/c1-3-4-5-6-17(2)23-20(27)15-25-11-13-26(14-12-25)16-21(28)24-19-9-7-18(22)8-10-19/h7-10,17H,3-6,11-16H2,1-2H3,(H,23,27)(H,24,28)/p+2/t17-/m1/s1. The Balaban J connectivity index is 1.63. The van der Waals surface area contributed by atoms with Crippen LogP contribution >= 0.6 is 0 Å². The average Bonchev–Trinajstić information content (AvgIpc) is 2.65. The van der Waals surface area contributed by atoms with E-state index in [1.807, 2.05) is 0 Å². The van der Waals surface area contributed by atoms with Gasteiger partial charge < -0.3 is 20.4 Å². The summed E-state index contributed by atoms with van der Waals surface area (Å²) in [6.45, 7) is 8.66. The number of piperazine rings is 1. The molecule has 1 aliphatic heterocycles. The molecule has 28 heavy (non-hydrogen) atoms. The van der Waals surface area contributed by atoms with Crippen LogP contribution in [0.1, 0.15) is 39.5 Å². The third-order valence-electron chi connectivity index (χ3n) is 5.26. The summed E-state index contributed by atoms with van der Waals surface area (Å²) < 4.78 is 12.9. The molecule has 1 heterocycles. The Kier molecular flexibility index (Phi) is 9.37. The van der Waals surface area contributed by atoms with E-state index >= 15 is 0 Å². The summed E-state index contributed by atoms with van der Waals surface area (Å²) >= 11 is 0.